The van der Waals surface area contributed by atoms with Gasteiger partial charge in [-0.3, -0.25) is 9.59 Å². The maximum Gasteiger partial charge on any atom is 0.255 e. The van der Waals surface area contributed by atoms with E-state index in [1.165, 1.54) is 12.1 Å². The number of anilines is 1. The lowest BCUT2D eigenvalue weighted by atomic mass is 10.0. The molecule has 5 aromatic rings. The molecule has 0 spiro atoms. The van der Waals surface area contributed by atoms with E-state index in [1.807, 2.05) is 0 Å². The van der Waals surface area contributed by atoms with Crippen molar-refractivity contribution in [3.63, 3.8) is 0 Å². The van der Waals surface area contributed by atoms with Crippen molar-refractivity contribution in [2.75, 3.05) is 5.32 Å². The summed E-state index contributed by atoms with van der Waals surface area (Å²) >= 11 is 5.88. The molecule has 0 aliphatic carbocycles. The fraction of sp³-hybridized carbons (Fsp3) is 0. The van der Waals surface area contributed by atoms with Crippen LogP contribution in [0.25, 0.3) is 33.4 Å². The highest BCUT2D eigenvalue weighted by molar-refractivity contribution is 6.30. The molecule has 1 amide bonds. The molecule has 0 saturated heterocycles. The smallest absolute Gasteiger partial charge is 0.255 e. The molecule has 4 aromatic carbocycles. The van der Waals surface area contributed by atoms with Crippen molar-refractivity contribution in [1.29, 1.82) is 0 Å². The van der Waals surface area contributed by atoms with Gasteiger partial charge in [-0.1, -0.05) is 41.9 Å². The highest BCUT2D eigenvalue weighted by Crippen LogP contribution is 2.33. The molecule has 0 aliphatic heterocycles. The Kier molecular flexibility index (Phi) is 5.81. The quantitative estimate of drug-likeness (QED) is 0.291. The standard InChI is InChI=1S/C28H17ClFNO4/c29-20-9-4-17(5-10-20)28(34)31-22-3-1-2-19(14-22)27-26(33)25(32)23-13-8-18(15-24(23)35-27)16-6-11-21(30)12-7-16/h1-15,33H,(H,31,34). The average Bonchev–Trinajstić information content (AvgIpc) is 2.87. The maximum absolute atomic E-state index is 13.3. The fourth-order valence-corrected chi connectivity index (χ4v) is 3.87. The van der Waals surface area contributed by atoms with E-state index < -0.39 is 11.2 Å². The second-order valence-corrected chi connectivity index (χ2v) is 8.31. The molecule has 0 radical (unpaired) electrons. The number of carbonyl (C=O) groups excluding carboxylic acids is 1. The summed E-state index contributed by atoms with van der Waals surface area (Å²) in [5.74, 6) is -1.25. The van der Waals surface area contributed by atoms with Crippen molar-refractivity contribution >= 4 is 34.2 Å². The largest absolute Gasteiger partial charge is 0.502 e. The molecule has 7 heteroatoms. The van der Waals surface area contributed by atoms with Gasteiger partial charge in [0.05, 0.1) is 5.39 Å². The minimum absolute atomic E-state index is 0.0265. The predicted octanol–water partition coefficient (Wildman–Crippen LogP) is 6.88. The first kappa shape index (κ1) is 22.4. The number of amides is 1. The molecule has 0 atom stereocenters. The van der Waals surface area contributed by atoms with Gasteiger partial charge in [0.1, 0.15) is 11.4 Å². The Morgan fingerprint density at radius 3 is 2.31 bits per heavy atom. The number of hydrogen-bond donors (Lipinski definition) is 2. The second-order valence-electron chi connectivity index (χ2n) is 7.87. The Morgan fingerprint density at radius 2 is 1.57 bits per heavy atom. The van der Waals surface area contributed by atoms with Crippen molar-refractivity contribution in [2.45, 2.75) is 0 Å². The monoisotopic (exact) mass is 485 g/mol. The van der Waals surface area contributed by atoms with Crippen LogP contribution in [-0.2, 0) is 0 Å². The summed E-state index contributed by atoms with van der Waals surface area (Å²) in [5.41, 5.74) is 2.43. The minimum atomic E-state index is -0.581. The van der Waals surface area contributed by atoms with Crippen molar-refractivity contribution in [3.8, 4) is 28.2 Å². The highest BCUT2D eigenvalue weighted by atomic mass is 35.5. The van der Waals surface area contributed by atoms with Crippen molar-refractivity contribution in [2.24, 2.45) is 0 Å². The SMILES string of the molecule is O=C(Nc1cccc(-c2oc3cc(-c4ccc(F)cc4)ccc3c(=O)c2O)c1)c1ccc(Cl)cc1. The lowest BCUT2D eigenvalue weighted by molar-refractivity contribution is 0.102. The van der Waals surface area contributed by atoms with E-state index in [1.54, 1.807) is 78.9 Å². The summed E-state index contributed by atoms with van der Waals surface area (Å²) in [6.45, 7) is 0. The van der Waals surface area contributed by atoms with Gasteiger partial charge in [-0.05, 0) is 71.8 Å². The molecule has 0 bridgehead atoms. The number of carbonyl (C=O) groups is 1. The summed E-state index contributed by atoms with van der Waals surface area (Å²) in [4.78, 5) is 25.4. The van der Waals surface area contributed by atoms with Crippen LogP contribution < -0.4 is 10.7 Å². The Labute approximate surface area is 204 Å². The summed E-state index contributed by atoms with van der Waals surface area (Å²) in [6, 6.07) is 23.9. The van der Waals surface area contributed by atoms with Gasteiger partial charge in [0.25, 0.3) is 5.91 Å². The van der Waals surface area contributed by atoms with Gasteiger partial charge in [0.15, 0.2) is 5.76 Å². The maximum atomic E-state index is 13.3. The molecule has 0 aliphatic rings. The van der Waals surface area contributed by atoms with Crippen LogP contribution in [0.3, 0.4) is 0 Å². The van der Waals surface area contributed by atoms with Crippen molar-refractivity contribution in [1.82, 2.24) is 0 Å². The van der Waals surface area contributed by atoms with Crippen LogP contribution in [0.4, 0.5) is 10.1 Å². The van der Waals surface area contributed by atoms with Crippen LogP contribution in [-0.4, -0.2) is 11.0 Å². The van der Waals surface area contributed by atoms with E-state index in [0.29, 0.717) is 21.8 Å². The molecule has 5 rings (SSSR count). The van der Waals surface area contributed by atoms with Gasteiger partial charge in [0.2, 0.25) is 11.2 Å². The van der Waals surface area contributed by atoms with E-state index in [0.717, 1.165) is 11.1 Å². The first-order valence-corrected chi connectivity index (χ1v) is 11.0. The van der Waals surface area contributed by atoms with Crippen LogP contribution in [0, 0.1) is 5.82 Å². The number of benzene rings is 4. The number of aromatic hydroxyl groups is 1. The zero-order valence-corrected chi connectivity index (χ0v) is 18.8. The molecular weight excluding hydrogens is 469 g/mol. The van der Waals surface area contributed by atoms with Gasteiger partial charge >= 0.3 is 0 Å². The molecule has 0 unspecified atom stereocenters. The topological polar surface area (TPSA) is 79.5 Å². The molecule has 2 N–H and O–H groups in total. The summed E-state index contributed by atoms with van der Waals surface area (Å²) in [6.07, 6.45) is 0. The predicted molar refractivity (Wildman–Crippen MR) is 134 cm³/mol. The van der Waals surface area contributed by atoms with E-state index >= 15 is 0 Å². The van der Waals surface area contributed by atoms with Crippen molar-refractivity contribution in [3.05, 3.63) is 118 Å². The van der Waals surface area contributed by atoms with Gasteiger partial charge in [0, 0.05) is 21.8 Å². The summed E-state index contributed by atoms with van der Waals surface area (Å²) < 4.78 is 19.3. The normalized spacial score (nSPS) is 10.9. The minimum Gasteiger partial charge on any atom is -0.502 e. The first-order chi connectivity index (χ1) is 16.9. The van der Waals surface area contributed by atoms with Crippen molar-refractivity contribution < 1.29 is 18.7 Å². The van der Waals surface area contributed by atoms with Gasteiger partial charge < -0.3 is 14.8 Å². The van der Waals surface area contributed by atoms with Gasteiger partial charge in [-0.2, -0.15) is 0 Å². The van der Waals surface area contributed by atoms with Gasteiger partial charge in [-0.25, -0.2) is 4.39 Å². The zero-order valence-electron chi connectivity index (χ0n) is 18.1. The molecule has 172 valence electrons. The third-order valence-corrected chi connectivity index (χ3v) is 5.79. The lowest BCUT2D eigenvalue weighted by Crippen LogP contribution is -2.11. The van der Waals surface area contributed by atoms with Crippen LogP contribution >= 0.6 is 11.6 Å². The molecule has 1 aromatic heterocycles. The molecule has 0 saturated carbocycles. The van der Waals surface area contributed by atoms with Crippen LogP contribution in [0.1, 0.15) is 10.4 Å². The molecule has 1 heterocycles. The Hall–Kier alpha value is -4.42. The van der Waals surface area contributed by atoms with E-state index in [4.69, 9.17) is 16.0 Å². The lowest BCUT2D eigenvalue weighted by Gasteiger charge is -2.10. The molecule has 5 nitrogen and oxygen atoms in total. The van der Waals surface area contributed by atoms with E-state index in [-0.39, 0.29) is 28.5 Å². The highest BCUT2D eigenvalue weighted by Gasteiger charge is 2.17. The fourth-order valence-electron chi connectivity index (χ4n) is 3.74. The molecule has 35 heavy (non-hydrogen) atoms. The summed E-state index contributed by atoms with van der Waals surface area (Å²) in [5, 5.41) is 14.1. The third kappa shape index (κ3) is 4.52. The third-order valence-electron chi connectivity index (χ3n) is 5.54. The number of hydrogen-bond acceptors (Lipinski definition) is 4. The number of rotatable bonds is 4. The van der Waals surface area contributed by atoms with Crippen LogP contribution in [0.5, 0.6) is 5.75 Å². The average molecular weight is 486 g/mol. The summed E-state index contributed by atoms with van der Waals surface area (Å²) in [7, 11) is 0. The number of fused-ring (bicyclic) bond motifs is 1. The van der Waals surface area contributed by atoms with Gasteiger partial charge in [-0.15, -0.1) is 0 Å². The van der Waals surface area contributed by atoms with E-state index in [9.17, 15) is 19.1 Å². The first-order valence-electron chi connectivity index (χ1n) is 10.6. The second kappa shape index (κ2) is 9.08. The van der Waals surface area contributed by atoms with E-state index in [2.05, 4.69) is 5.32 Å². The number of nitrogens with one attached hydrogen (secondary N) is 1. The molecular formula is C28H17ClFNO4. The Bertz CT molecular complexity index is 1630. The Balaban J connectivity index is 1.53. The zero-order chi connectivity index (χ0) is 24.5. The Morgan fingerprint density at radius 1 is 0.857 bits per heavy atom. The van der Waals surface area contributed by atoms with Crippen LogP contribution in [0.2, 0.25) is 5.02 Å². The molecule has 0 fully saturated rings. The number of halogens is 2. The van der Waals surface area contributed by atoms with Crippen LogP contribution in [0.15, 0.2) is 100 Å².